The molecule has 0 bridgehead atoms. The van der Waals surface area contributed by atoms with Gasteiger partial charge < -0.3 is 9.47 Å². The van der Waals surface area contributed by atoms with Gasteiger partial charge in [-0.05, 0) is 43.9 Å². The van der Waals surface area contributed by atoms with Gasteiger partial charge in [0.25, 0.3) is 0 Å². The summed E-state index contributed by atoms with van der Waals surface area (Å²) in [5.41, 5.74) is 2.82. The Kier molecular flexibility index (Phi) is 9.76. The lowest BCUT2D eigenvalue weighted by atomic mass is 10.1. The maximum absolute atomic E-state index is 12.5. The van der Waals surface area contributed by atoms with E-state index < -0.39 is 6.61 Å². The quantitative estimate of drug-likeness (QED) is 0.348. The highest BCUT2D eigenvalue weighted by molar-refractivity contribution is 6.33. The van der Waals surface area contributed by atoms with E-state index in [0.29, 0.717) is 35.0 Å². The molecular formula is C23H31ClF2N2O2. The summed E-state index contributed by atoms with van der Waals surface area (Å²) in [5.74, 6) is 0.597. The lowest BCUT2D eigenvalue weighted by Gasteiger charge is -2.21. The van der Waals surface area contributed by atoms with Crippen molar-refractivity contribution in [2.24, 2.45) is 0 Å². The third kappa shape index (κ3) is 6.53. The van der Waals surface area contributed by atoms with Gasteiger partial charge in [0.1, 0.15) is 17.5 Å². The molecule has 1 aromatic carbocycles. The minimum atomic E-state index is -2.90. The zero-order valence-corrected chi connectivity index (χ0v) is 18.9. The van der Waals surface area contributed by atoms with E-state index in [2.05, 4.69) is 18.6 Å². The van der Waals surface area contributed by atoms with Gasteiger partial charge in [-0.25, -0.2) is 9.97 Å². The second-order valence-electron chi connectivity index (χ2n) is 7.17. The van der Waals surface area contributed by atoms with Crippen molar-refractivity contribution in [2.45, 2.75) is 85.4 Å². The Labute approximate surface area is 183 Å². The molecule has 2 aromatic rings. The van der Waals surface area contributed by atoms with Crippen LogP contribution in [-0.2, 0) is 12.8 Å². The lowest BCUT2D eigenvalue weighted by molar-refractivity contribution is -0.0498. The van der Waals surface area contributed by atoms with E-state index in [1.165, 1.54) is 12.1 Å². The monoisotopic (exact) mass is 440 g/mol. The van der Waals surface area contributed by atoms with Gasteiger partial charge in [0.2, 0.25) is 5.88 Å². The van der Waals surface area contributed by atoms with Crippen molar-refractivity contribution in [3.63, 3.8) is 0 Å². The fourth-order valence-corrected chi connectivity index (χ4v) is 3.57. The number of halogens is 3. The van der Waals surface area contributed by atoms with Gasteiger partial charge in [-0.2, -0.15) is 8.78 Å². The van der Waals surface area contributed by atoms with Crippen LogP contribution in [0.25, 0.3) is 11.3 Å². The number of aryl methyl sites for hydroxylation is 2. The maximum atomic E-state index is 12.5. The molecule has 0 radical (unpaired) electrons. The van der Waals surface area contributed by atoms with Crippen LogP contribution in [0.3, 0.4) is 0 Å². The molecule has 0 aliphatic heterocycles. The number of nitrogens with zero attached hydrogens (tertiary/aromatic N) is 2. The van der Waals surface area contributed by atoms with E-state index in [1.807, 2.05) is 13.8 Å². The smallest absolute Gasteiger partial charge is 0.387 e. The van der Waals surface area contributed by atoms with E-state index in [0.717, 1.165) is 43.5 Å². The maximum Gasteiger partial charge on any atom is 0.387 e. The fourth-order valence-electron chi connectivity index (χ4n) is 3.31. The predicted octanol–water partition coefficient (Wildman–Crippen LogP) is 7.26. The molecule has 0 aliphatic carbocycles. The van der Waals surface area contributed by atoms with Crippen molar-refractivity contribution < 1.29 is 18.3 Å². The average Bonchev–Trinajstić information content (AvgIpc) is 2.71. The molecule has 1 heterocycles. The van der Waals surface area contributed by atoms with Crippen molar-refractivity contribution in [3.05, 3.63) is 34.6 Å². The Balaban J connectivity index is 2.41. The Morgan fingerprint density at radius 3 is 2.23 bits per heavy atom. The van der Waals surface area contributed by atoms with Crippen LogP contribution in [0.5, 0.6) is 11.6 Å². The van der Waals surface area contributed by atoms with Crippen LogP contribution >= 0.6 is 11.6 Å². The zero-order valence-electron chi connectivity index (χ0n) is 18.2. The largest absolute Gasteiger partial charge is 0.473 e. The van der Waals surface area contributed by atoms with Crippen LogP contribution in [-0.4, -0.2) is 22.7 Å². The molecule has 0 N–H and O–H groups in total. The van der Waals surface area contributed by atoms with Crippen molar-refractivity contribution >= 4 is 11.6 Å². The highest BCUT2D eigenvalue weighted by Crippen LogP contribution is 2.34. The Morgan fingerprint density at radius 1 is 0.933 bits per heavy atom. The van der Waals surface area contributed by atoms with E-state index in [4.69, 9.17) is 26.3 Å². The third-order valence-corrected chi connectivity index (χ3v) is 5.18. The normalized spacial score (nSPS) is 12.3. The van der Waals surface area contributed by atoms with E-state index in [9.17, 15) is 8.78 Å². The Bertz CT molecular complexity index is 818. The van der Waals surface area contributed by atoms with Gasteiger partial charge >= 0.3 is 6.61 Å². The zero-order chi connectivity index (χ0) is 22.1. The number of hydrogen-bond acceptors (Lipinski definition) is 4. The first kappa shape index (κ1) is 24.3. The van der Waals surface area contributed by atoms with E-state index in [1.54, 1.807) is 6.07 Å². The predicted molar refractivity (Wildman–Crippen MR) is 117 cm³/mol. The molecular weight excluding hydrogens is 410 g/mol. The molecule has 0 fully saturated rings. The van der Waals surface area contributed by atoms with Gasteiger partial charge in [-0.1, -0.05) is 58.6 Å². The number of rotatable bonds is 12. The van der Waals surface area contributed by atoms with Gasteiger partial charge in [-0.3, -0.25) is 0 Å². The first-order valence-corrected chi connectivity index (χ1v) is 11.1. The number of hydrogen-bond donors (Lipinski definition) is 0. The van der Waals surface area contributed by atoms with Gasteiger partial charge in [0.05, 0.1) is 16.4 Å². The van der Waals surface area contributed by atoms with Crippen LogP contribution in [0.4, 0.5) is 8.78 Å². The summed E-state index contributed by atoms with van der Waals surface area (Å²) >= 11 is 6.37. The minimum absolute atomic E-state index is 0.0127. The standard InChI is InChI=1S/C23H31ClF2N2O2/c1-5-9-11-15(10-6-2)29-22-20(8-4)27-21(19(7-3)28-22)17-13-12-16(14-18(17)24)30-23(25)26/h12-15,23H,5-11H2,1-4H3. The molecule has 0 saturated carbocycles. The summed E-state index contributed by atoms with van der Waals surface area (Å²) in [5, 5.41) is 0.291. The molecule has 4 nitrogen and oxygen atoms in total. The number of aromatic nitrogens is 2. The molecule has 166 valence electrons. The van der Waals surface area contributed by atoms with Gasteiger partial charge in [0.15, 0.2) is 0 Å². The Morgan fingerprint density at radius 2 is 1.67 bits per heavy atom. The molecule has 1 atom stereocenters. The highest BCUT2D eigenvalue weighted by Gasteiger charge is 2.20. The van der Waals surface area contributed by atoms with Gasteiger partial charge in [0, 0.05) is 5.56 Å². The second-order valence-corrected chi connectivity index (χ2v) is 7.58. The number of alkyl halides is 2. The molecule has 1 unspecified atom stereocenters. The van der Waals surface area contributed by atoms with Crippen molar-refractivity contribution in [3.8, 4) is 22.9 Å². The molecule has 0 saturated heterocycles. The lowest BCUT2D eigenvalue weighted by Crippen LogP contribution is -2.19. The summed E-state index contributed by atoms with van der Waals surface area (Å²) in [6.07, 6.45) is 6.68. The van der Waals surface area contributed by atoms with E-state index in [-0.39, 0.29) is 11.9 Å². The van der Waals surface area contributed by atoms with Crippen molar-refractivity contribution in [1.82, 2.24) is 9.97 Å². The van der Waals surface area contributed by atoms with Crippen LogP contribution in [0.15, 0.2) is 18.2 Å². The summed E-state index contributed by atoms with van der Waals surface area (Å²) in [6, 6.07) is 4.49. The first-order valence-electron chi connectivity index (χ1n) is 10.7. The van der Waals surface area contributed by atoms with Crippen molar-refractivity contribution in [1.29, 1.82) is 0 Å². The minimum Gasteiger partial charge on any atom is -0.473 e. The van der Waals surface area contributed by atoms with Crippen LogP contribution in [0.2, 0.25) is 5.02 Å². The van der Waals surface area contributed by atoms with Crippen LogP contribution in [0, 0.1) is 0 Å². The molecule has 1 aromatic heterocycles. The molecule has 0 aliphatic rings. The van der Waals surface area contributed by atoms with Crippen LogP contribution < -0.4 is 9.47 Å². The summed E-state index contributed by atoms with van der Waals surface area (Å²) in [4.78, 5) is 9.60. The topological polar surface area (TPSA) is 44.2 Å². The molecule has 0 amide bonds. The number of benzene rings is 1. The molecule has 2 rings (SSSR count). The molecule has 30 heavy (non-hydrogen) atoms. The van der Waals surface area contributed by atoms with Crippen molar-refractivity contribution in [2.75, 3.05) is 0 Å². The number of ether oxygens (including phenoxy) is 2. The average molecular weight is 441 g/mol. The fraction of sp³-hybridized carbons (Fsp3) is 0.565. The highest BCUT2D eigenvalue weighted by atomic mass is 35.5. The molecule has 0 spiro atoms. The molecule has 7 heteroatoms. The number of unbranched alkanes of at least 4 members (excludes halogenated alkanes) is 1. The Hall–Kier alpha value is -1.95. The first-order chi connectivity index (χ1) is 14.4. The van der Waals surface area contributed by atoms with E-state index >= 15 is 0 Å². The van der Waals surface area contributed by atoms with Crippen LogP contribution in [0.1, 0.15) is 71.2 Å². The third-order valence-electron chi connectivity index (χ3n) is 4.86. The summed E-state index contributed by atoms with van der Waals surface area (Å²) < 4.78 is 35.7. The SMILES string of the molecule is CCCCC(CCC)Oc1nc(CC)c(-c2ccc(OC(F)F)cc2Cl)nc1CC. The summed E-state index contributed by atoms with van der Waals surface area (Å²) in [7, 11) is 0. The second kappa shape index (κ2) is 12.0. The summed E-state index contributed by atoms with van der Waals surface area (Å²) in [6.45, 7) is 5.43. The van der Waals surface area contributed by atoms with Gasteiger partial charge in [-0.15, -0.1) is 0 Å².